The molecule has 0 saturated carbocycles. The highest BCUT2D eigenvalue weighted by Gasteiger charge is 2.12. The van der Waals surface area contributed by atoms with E-state index in [4.69, 9.17) is 4.74 Å². The largest absolute Gasteiger partial charge is 0.381 e. The van der Waals surface area contributed by atoms with E-state index in [1.54, 1.807) is 6.08 Å². The molecule has 1 aliphatic rings. The number of rotatable bonds is 2. The molecule has 0 amide bonds. The van der Waals surface area contributed by atoms with E-state index < -0.39 is 4.92 Å². The first-order valence-corrected chi connectivity index (χ1v) is 3.18. The van der Waals surface area contributed by atoms with E-state index in [0.717, 1.165) is 19.2 Å². The standard InChI is InChI=1S/C6H9NO3/c8-7(9)3-1-6-2-4-10-5-6/h1,3,6H,2,4-5H2. The van der Waals surface area contributed by atoms with Crippen molar-refractivity contribution in [2.75, 3.05) is 13.2 Å². The molecule has 0 aromatic heterocycles. The van der Waals surface area contributed by atoms with Gasteiger partial charge >= 0.3 is 0 Å². The van der Waals surface area contributed by atoms with Gasteiger partial charge in [0.1, 0.15) is 0 Å². The summed E-state index contributed by atoms with van der Waals surface area (Å²) in [5.74, 6) is 0.255. The maximum atomic E-state index is 9.83. The molecule has 0 aliphatic carbocycles. The van der Waals surface area contributed by atoms with Crippen LogP contribution in [-0.2, 0) is 4.74 Å². The van der Waals surface area contributed by atoms with Crippen molar-refractivity contribution >= 4 is 0 Å². The average molecular weight is 143 g/mol. The van der Waals surface area contributed by atoms with E-state index in [1.807, 2.05) is 0 Å². The van der Waals surface area contributed by atoms with Crippen LogP contribution in [-0.4, -0.2) is 18.1 Å². The molecular formula is C6H9NO3. The molecule has 4 nitrogen and oxygen atoms in total. The minimum atomic E-state index is -0.446. The molecule has 1 fully saturated rings. The summed E-state index contributed by atoms with van der Waals surface area (Å²) in [4.78, 5) is 9.39. The van der Waals surface area contributed by atoms with Crippen LogP contribution in [0, 0.1) is 16.0 Å². The monoisotopic (exact) mass is 143 g/mol. The van der Waals surface area contributed by atoms with E-state index in [0.29, 0.717) is 6.61 Å². The maximum Gasteiger partial charge on any atom is 0.230 e. The zero-order valence-electron chi connectivity index (χ0n) is 5.53. The average Bonchev–Trinajstić information content (AvgIpc) is 2.34. The fourth-order valence-electron chi connectivity index (χ4n) is 0.897. The van der Waals surface area contributed by atoms with E-state index in [-0.39, 0.29) is 5.92 Å². The minimum Gasteiger partial charge on any atom is -0.381 e. The Morgan fingerprint density at radius 1 is 1.70 bits per heavy atom. The van der Waals surface area contributed by atoms with Crippen molar-refractivity contribution in [1.82, 2.24) is 0 Å². The summed E-state index contributed by atoms with van der Waals surface area (Å²) in [7, 11) is 0. The van der Waals surface area contributed by atoms with Crippen molar-refractivity contribution in [2.24, 2.45) is 5.92 Å². The van der Waals surface area contributed by atoms with Crippen LogP contribution < -0.4 is 0 Å². The van der Waals surface area contributed by atoms with Gasteiger partial charge in [0, 0.05) is 12.5 Å². The molecule has 10 heavy (non-hydrogen) atoms. The third-order valence-electron chi connectivity index (χ3n) is 1.44. The smallest absolute Gasteiger partial charge is 0.230 e. The molecule has 0 N–H and O–H groups in total. The molecule has 0 aromatic rings. The molecule has 0 bridgehead atoms. The summed E-state index contributed by atoms with van der Waals surface area (Å²) in [5, 5.41) is 9.83. The molecule has 1 saturated heterocycles. The first-order chi connectivity index (χ1) is 4.79. The van der Waals surface area contributed by atoms with Crippen LogP contribution in [0.5, 0.6) is 0 Å². The molecule has 0 radical (unpaired) electrons. The van der Waals surface area contributed by atoms with E-state index in [9.17, 15) is 10.1 Å². The van der Waals surface area contributed by atoms with Gasteiger partial charge in [0.25, 0.3) is 0 Å². The van der Waals surface area contributed by atoms with Gasteiger partial charge in [-0.3, -0.25) is 10.1 Å². The van der Waals surface area contributed by atoms with Crippen LogP contribution in [0.4, 0.5) is 0 Å². The van der Waals surface area contributed by atoms with Gasteiger partial charge in [0.15, 0.2) is 0 Å². The Morgan fingerprint density at radius 3 is 3.00 bits per heavy atom. The van der Waals surface area contributed by atoms with Gasteiger partial charge in [0.2, 0.25) is 6.20 Å². The maximum absolute atomic E-state index is 9.83. The van der Waals surface area contributed by atoms with Crippen LogP contribution in [0.1, 0.15) is 6.42 Å². The lowest BCUT2D eigenvalue weighted by Crippen LogP contribution is -1.95. The Kier molecular flexibility index (Phi) is 2.39. The van der Waals surface area contributed by atoms with Gasteiger partial charge in [-0.2, -0.15) is 0 Å². The lowest BCUT2D eigenvalue weighted by Gasteiger charge is -1.93. The Morgan fingerprint density at radius 2 is 2.50 bits per heavy atom. The van der Waals surface area contributed by atoms with Crippen LogP contribution >= 0.6 is 0 Å². The molecule has 1 aliphatic heterocycles. The van der Waals surface area contributed by atoms with Crippen LogP contribution in [0.2, 0.25) is 0 Å². The topological polar surface area (TPSA) is 52.4 Å². The first-order valence-electron chi connectivity index (χ1n) is 3.18. The summed E-state index contributed by atoms with van der Waals surface area (Å²) in [5.41, 5.74) is 0. The zero-order chi connectivity index (χ0) is 7.40. The summed E-state index contributed by atoms with van der Waals surface area (Å²) < 4.78 is 5.02. The molecule has 4 heteroatoms. The molecule has 56 valence electrons. The molecule has 0 aromatic carbocycles. The number of nitro groups is 1. The number of hydrogen-bond donors (Lipinski definition) is 0. The Balaban J connectivity index is 2.29. The number of hydrogen-bond acceptors (Lipinski definition) is 3. The van der Waals surface area contributed by atoms with Crippen molar-refractivity contribution in [2.45, 2.75) is 6.42 Å². The minimum absolute atomic E-state index is 0.255. The SMILES string of the molecule is O=[N+]([O-])C=CC1CCOC1. The second kappa shape index (κ2) is 3.31. The quantitative estimate of drug-likeness (QED) is 0.424. The van der Waals surface area contributed by atoms with Gasteiger partial charge in [-0.25, -0.2) is 0 Å². The van der Waals surface area contributed by atoms with E-state index in [2.05, 4.69) is 0 Å². The Hall–Kier alpha value is -0.900. The van der Waals surface area contributed by atoms with Crippen molar-refractivity contribution in [1.29, 1.82) is 0 Å². The fourth-order valence-corrected chi connectivity index (χ4v) is 0.897. The van der Waals surface area contributed by atoms with E-state index >= 15 is 0 Å². The summed E-state index contributed by atoms with van der Waals surface area (Å²) in [6, 6.07) is 0. The van der Waals surface area contributed by atoms with Crippen LogP contribution in [0.3, 0.4) is 0 Å². The summed E-state index contributed by atoms with van der Waals surface area (Å²) in [6.45, 7) is 1.36. The molecule has 1 rings (SSSR count). The van der Waals surface area contributed by atoms with Gasteiger partial charge in [-0.15, -0.1) is 0 Å². The second-order valence-corrected chi connectivity index (χ2v) is 2.25. The molecule has 1 unspecified atom stereocenters. The lowest BCUT2D eigenvalue weighted by atomic mass is 10.1. The molecule has 0 spiro atoms. The fraction of sp³-hybridized carbons (Fsp3) is 0.667. The first kappa shape index (κ1) is 7.21. The molecule has 1 heterocycles. The highest BCUT2D eigenvalue weighted by molar-refractivity contribution is 4.84. The molecule has 1 atom stereocenters. The summed E-state index contributed by atoms with van der Waals surface area (Å²) in [6.07, 6.45) is 3.48. The zero-order valence-corrected chi connectivity index (χ0v) is 5.53. The third-order valence-corrected chi connectivity index (χ3v) is 1.44. The third kappa shape index (κ3) is 2.14. The predicted molar refractivity (Wildman–Crippen MR) is 35.1 cm³/mol. The highest BCUT2D eigenvalue weighted by Crippen LogP contribution is 2.12. The van der Waals surface area contributed by atoms with Crippen LogP contribution in [0.25, 0.3) is 0 Å². The Labute approximate surface area is 58.6 Å². The van der Waals surface area contributed by atoms with Gasteiger partial charge in [0.05, 0.1) is 11.5 Å². The van der Waals surface area contributed by atoms with Crippen molar-refractivity contribution in [3.05, 3.63) is 22.4 Å². The summed E-state index contributed by atoms with van der Waals surface area (Å²) >= 11 is 0. The van der Waals surface area contributed by atoms with Crippen molar-refractivity contribution < 1.29 is 9.66 Å². The predicted octanol–water partition coefficient (Wildman–Crippen LogP) is 0.813. The van der Waals surface area contributed by atoms with Gasteiger partial charge in [-0.1, -0.05) is 0 Å². The number of ether oxygens (including phenoxy) is 1. The Bertz CT molecular complexity index is 149. The van der Waals surface area contributed by atoms with Crippen molar-refractivity contribution in [3.8, 4) is 0 Å². The lowest BCUT2D eigenvalue weighted by molar-refractivity contribution is -0.402. The van der Waals surface area contributed by atoms with E-state index in [1.165, 1.54) is 0 Å². The van der Waals surface area contributed by atoms with Gasteiger partial charge < -0.3 is 4.74 Å². The number of nitrogens with zero attached hydrogens (tertiary/aromatic N) is 1. The van der Waals surface area contributed by atoms with Crippen LogP contribution in [0.15, 0.2) is 12.3 Å². The highest BCUT2D eigenvalue weighted by atomic mass is 16.6. The normalized spacial score (nSPS) is 25.8. The van der Waals surface area contributed by atoms with Crippen molar-refractivity contribution in [3.63, 3.8) is 0 Å². The second-order valence-electron chi connectivity index (χ2n) is 2.25. The molecular weight excluding hydrogens is 134 g/mol. The van der Waals surface area contributed by atoms with Gasteiger partial charge in [-0.05, 0) is 12.5 Å².